The third-order valence-corrected chi connectivity index (χ3v) is 8.20. The van der Waals surface area contributed by atoms with Gasteiger partial charge >= 0.3 is 0 Å². The van der Waals surface area contributed by atoms with Gasteiger partial charge in [-0.05, 0) is 18.6 Å². The highest BCUT2D eigenvalue weighted by Gasteiger charge is 2.34. The highest BCUT2D eigenvalue weighted by atomic mass is 35.5. The molecule has 1 saturated heterocycles. The van der Waals surface area contributed by atoms with Crippen molar-refractivity contribution in [2.45, 2.75) is 17.4 Å². The Morgan fingerprint density at radius 3 is 2.52 bits per heavy atom. The van der Waals surface area contributed by atoms with Gasteiger partial charge in [0.2, 0.25) is 15.9 Å². The first-order chi connectivity index (χ1) is 12.3. The third-order valence-electron chi connectivity index (χ3n) is 4.33. The average molecular weight is 440 g/mol. The first-order valence-corrected chi connectivity index (χ1v) is 11.4. The summed E-state index contributed by atoms with van der Waals surface area (Å²) in [6.07, 6.45) is 0.296. The molecule has 1 heterocycles. The van der Waals surface area contributed by atoms with Gasteiger partial charge in [0.15, 0.2) is 9.84 Å². The first kappa shape index (κ1) is 21.5. The number of carbonyl (C=O) groups excluding carboxylic acids is 1. The van der Waals surface area contributed by atoms with Crippen molar-refractivity contribution < 1.29 is 26.6 Å². The summed E-state index contributed by atoms with van der Waals surface area (Å²) in [7, 11) is -4.80. The summed E-state index contributed by atoms with van der Waals surface area (Å²) in [5.41, 5.74) is -0.564. The van der Waals surface area contributed by atoms with E-state index in [0.717, 1.165) is 29.6 Å². The van der Waals surface area contributed by atoms with Crippen LogP contribution in [0.15, 0.2) is 23.1 Å². The van der Waals surface area contributed by atoms with Crippen molar-refractivity contribution >= 4 is 43.1 Å². The molecule has 0 N–H and O–H groups in total. The lowest BCUT2D eigenvalue weighted by molar-refractivity contribution is -0.384. The summed E-state index contributed by atoms with van der Waals surface area (Å²) in [5, 5.41) is 10.7. The van der Waals surface area contributed by atoms with Gasteiger partial charge in [-0.2, -0.15) is 4.31 Å². The lowest BCUT2D eigenvalue weighted by atomic mass is 10.2. The zero-order valence-corrected chi connectivity index (χ0v) is 16.9. The van der Waals surface area contributed by atoms with Crippen LogP contribution in [-0.2, 0) is 24.7 Å². The number of hydrogen-bond donors (Lipinski definition) is 0. The van der Waals surface area contributed by atoms with E-state index in [-0.39, 0.29) is 21.4 Å². The van der Waals surface area contributed by atoms with E-state index >= 15 is 0 Å². The van der Waals surface area contributed by atoms with Gasteiger partial charge in [0.1, 0.15) is 5.02 Å². The van der Waals surface area contributed by atoms with Gasteiger partial charge in [0, 0.05) is 26.2 Å². The third kappa shape index (κ3) is 4.75. The number of sulfone groups is 1. The summed E-state index contributed by atoms with van der Waals surface area (Å²) in [5.74, 6) is -0.751. The fourth-order valence-corrected chi connectivity index (χ4v) is 5.75. The number of hydrogen-bond acceptors (Lipinski definition) is 7. The molecule has 0 saturated carbocycles. The quantitative estimate of drug-likeness (QED) is 0.465. The molecule has 0 radical (unpaired) electrons. The molecule has 1 atom stereocenters. The highest BCUT2D eigenvalue weighted by Crippen LogP contribution is 2.28. The summed E-state index contributed by atoms with van der Waals surface area (Å²) < 4.78 is 49.0. The molecule has 1 aliphatic rings. The number of nitro benzene ring substituents is 1. The van der Waals surface area contributed by atoms with Crippen LogP contribution >= 0.6 is 11.6 Å². The van der Waals surface area contributed by atoms with Gasteiger partial charge in [0.25, 0.3) is 5.69 Å². The second kappa shape index (κ2) is 7.70. The number of halogens is 1. The highest BCUT2D eigenvalue weighted by molar-refractivity contribution is 7.91. The fourth-order valence-electron chi connectivity index (χ4n) is 2.64. The van der Waals surface area contributed by atoms with Crippen LogP contribution in [0.5, 0.6) is 0 Å². The lowest BCUT2D eigenvalue weighted by Gasteiger charge is -2.26. The molecule has 27 heavy (non-hydrogen) atoms. The molecule has 1 aliphatic heterocycles. The Kier molecular flexibility index (Phi) is 6.14. The molecule has 0 aromatic heterocycles. The van der Waals surface area contributed by atoms with Crippen LogP contribution in [0.25, 0.3) is 0 Å². The Bertz CT molecular complexity index is 978. The molecule has 0 bridgehead atoms. The van der Waals surface area contributed by atoms with Crippen LogP contribution in [0.1, 0.15) is 6.42 Å². The number of likely N-dealkylation sites (N-methyl/N-ethyl adjacent to an activating group) is 2. The van der Waals surface area contributed by atoms with Crippen molar-refractivity contribution in [2.75, 3.05) is 32.1 Å². The maximum absolute atomic E-state index is 12.6. The van der Waals surface area contributed by atoms with Crippen LogP contribution in [0.4, 0.5) is 5.69 Å². The average Bonchev–Trinajstić information content (AvgIpc) is 2.93. The predicted molar refractivity (Wildman–Crippen MR) is 97.8 cm³/mol. The minimum atomic E-state index is -4.18. The van der Waals surface area contributed by atoms with Crippen LogP contribution in [0.2, 0.25) is 5.02 Å². The van der Waals surface area contributed by atoms with Gasteiger partial charge in [0.05, 0.1) is 27.9 Å². The maximum Gasteiger partial charge on any atom is 0.289 e. The summed E-state index contributed by atoms with van der Waals surface area (Å²) in [6, 6.07) is 2.53. The molecular formula is C14H18ClN3O7S2. The van der Waals surface area contributed by atoms with E-state index in [2.05, 4.69) is 0 Å². The van der Waals surface area contributed by atoms with Crippen LogP contribution in [-0.4, -0.2) is 75.1 Å². The van der Waals surface area contributed by atoms with Crippen molar-refractivity contribution in [2.24, 2.45) is 0 Å². The van der Waals surface area contributed by atoms with Crippen molar-refractivity contribution in [1.29, 1.82) is 0 Å². The summed E-state index contributed by atoms with van der Waals surface area (Å²) in [6.45, 7) is -0.536. The van der Waals surface area contributed by atoms with Crippen molar-refractivity contribution in [3.8, 4) is 0 Å². The zero-order chi connectivity index (χ0) is 20.6. The largest absolute Gasteiger partial charge is 0.341 e. The van der Waals surface area contributed by atoms with E-state index in [9.17, 15) is 31.7 Å². The van der Waals surface area contributed by atoms with Crippen molar-refractivity contribution in [1.82, 2.24) is 9.21 Å². The van der Waals surface area contributed by atoms with E-state index in [1.807, 2.05) is 0 Å². The second-order valence-corrected chi connectivity index (χ2v) is 10.9. The molecule has 150 valence electrons. The van der Waals surface area contributed by atoms with Gasteiger partial charge in [-0.25, -0.2) is 16.8 Å². The number of carbonyl (C=O) groups is 1. The molecule has 1 amide bonds. The van der Waals surface area contributed by atoms with E-state index in [0.29, 0.717) is 6.42 Å². The first-order valence-electron chi connectivity index (χ1n) is 7.71. The van der Waals surface area contributed by atoms with Crippen LogP contribution in [0.3, 0.4) is 0 Å². The molecule has 13 heteroatoms. The van der Waals surface area contributed by atoms with E-state index in [1.165, 1.54) is 11.9 Å². The predicted octanol–water partition coefficient (Wildman–Crippen LogP) is 0.514. The minimum absolute atomic E-state index is 0.0160. The van der Waals surface area contributed by atoms with Gasteiger partial charge in [-0.1, -0.05) is 11.6 Å². The fraction of sp³-hybridized carbons (Fsp3) is 0.500. The number of benzene rings is 1. The molecule has 1 unspecified atom stereocenters. The second-order valence-electron chi connectivity index (χ2n) is 6.19. The van der Waals surface area contributed by atoms with Gasteiger partial charge < -0.3 is 4.90 Å². The normalized spacial score (nSPS) is 19.2. The molecule has 1 fully saturated rings. The topological polar surface area (TPSA) is 135 Å². The number of nitrogens with zero attached hydrogens (tertiary/aromatic N) is 3. The monoisotopic (exact) mass is 439 g/mol. The van der Waals surface area contributed by atoms with Gasteiger partial charge in [-0.3, -0.25) is 14.9 Å². The molecule has 0 spiro atoms. The number of nitro groups is 1. The van der Waals surface area contributed by atoms with Crippen molar-refractivity contribution in [3.05, 3.63) is 33.3 Å². The minimum Gasteiger partial charge on any atom is -0.341 e. The van der Waals surface area contributed by atoms with E-state index in [1.54, 1.807) is 0 Å². The SMILES string of the molecule is CN(C(=O)CN(C)S(=O)(=O)c1ccc(Cl)c([N+](=O)[O-])c1)C1CCS(=O)(=O)C1. The molecule has 0 aliphatic carbocycles. The smallest absolute Gasteiger partial charge is 0.289 e. The van der Waals surface area contributed by atoms with E-state index < -0.39 is 49.0 Å². The summed E-state index contributed by atoms with van der Waals surface area (Å²) in [4.78, 5) is 23.3. The molecule has 1 aromatic carbocycles. The van der Waals surface area contributed by atoms with Crippen LogP contribution < -0.4 is 0 Å². The Hall–Kier alpha value is -1.76. The number of amides is 1. The Balaban J connectivity index is 2.16. The Morgan fingerprint density at radius 2 is 2.00 bits per heavy atom. The molecule has 2 rings (SSSR count). The summed E-state index contributed by atoms with van der Waals surface area (Å²) >= 11 is 5.68. The number of sulfonamides is 1. The van der Waals surface area contributed by atoms with Crippen molar-refractivity contribution in [3.63, 3.8) is 0 Å². The molecule has 10 nitrogen and oxygen atoms in total. The Labute approximate surface area is 161 Å². The molecule has 1 aromatic rings. The molecular weight excluding hydrogens is 422 g/mol. The Morgan fingerprint density at radius 1 is 1.37 bits per heavy atom. The zero-order valence-electron chi connectivity index (χ0n) is 14.5. The van der Waals surface area contributed by atoms with Crippen LogP contribution in [0, 0.1) is 10.1 Å². The van der Waals surface area contributed by atoms with Gasteiger partial charge in [-0.15, -0.1) is 0 Å². The van der Waals surface area contributed by atoms with E-state index in [4.69, 9.17) is 11.6 Å². The number of rotatable bonds is 6. The standard InChI is InChI=1S/C14H18ClN3O7S2/c1-16(8-14(19)17(2)10-5-6-26(22,23)9-10)27(24,25)11-3-4-12(15)13(7-11)18(20)21/h3-4,7,10H,5-6,8-9H2,1-2H3. The lowest BCUT2D eigenvalue weighted by Crippen LogP contribution is -2.44. The maximum atomic E-state index is 12.6.